The zero-order valence-corrected chi connectivity index (χ0v) is 11.9. The van der Waals surface area contributed by atoms with Crippen molar-refractivity contribution in [2.75, 3.05) is 13.1 Å². The summed E-state index contributed by atoms with van der Waals surface area (Å²) in [7, 11) is 0. The van der Waals surface area contributed by atoms with Crippen molar-refractivity contribution >= 4 is 22.9 Å². The molecule has 1 saturated heterocycles. The van der Waals surface area contributed by atoms with Crippen LogP contribution in [0.4, 0.5) is 0 Å². The SMILES string of the molecule is CC(c1csc(Cl)c1)N1CCCCC1CCN. The predicted octanol–water partition coefficient (Wildman–Crippen LogP) is 3.67. The van der Waals surface area contributed by atoms with Crippen LogP contribution in [0.1, 0.15) is 44.2 Å². The van der Waals surface area contributed by atoms with Crippen LogP contribution in [0.15, 0.2) is 11.4 Å². The lowest BCUT2D eigenvalue weighted by molar-refractivity contribution is 0.0986. The van der Waals surface area contributed by atoms with E-state index in [1.165, 1.54) is 31.4 Å². The fourth-order valence-corrected chi connectivity index (χ4v) is 3.75. The smallest absolute Gasteiger partial charge is 0.0931 e. The summed E-state index contributed by atoms with van der Waals surface area (Å²) in [5.74, 6) is 0. The number of thiophene rings is 1. The molecule has 2 unspecified atom stereocenters. The molecule has 0 saturated carbocycles. The maximum Gasteiger partial charge on any atom is 0.0931 e. The highest BCUT2D eigenvalue weighted by Gasteiger charge is 2.26. The summed E-state index contributed by atoms with van der Waals surface area (Å²) in [5, 5.41) is 2.18. The van der Waals surface area contributed by atoms with Crippen molar-refractivity contribution in [1.82, 2.24) is 4.90 Å². The number of likely N-dealkylation sites (tertiary alicyclic amines) is 1. The van der Waals surface area contributed by atoms with Gasteiger partial charge >= 0.3 is 0 Å². The number of nitrogens with zero attached hydrogens (tertiary/aromatic N) is 1. The van der Waals surface area contributed by atoms with E-state index in [1.54, 1.807) is 11.3 Å². The number of piperidine rings is 1. The van der Waals surface area contributed by atoms with Crippen LogP contribution in [-0.2, 0) is 0 Å². The van der Waals surface area contributed by atoms with Crippen LogP contribution < -0.4 is 5.73 Å². The normalized spacial score (nSPS) is 23.8. The van der Waals surface area contributed by atoms with Gasteiger partial charge < -0.3 is 5.73 Å². The first kappa shape index (κ1) is 13.3. The summed E-state index contributed by atoms with van der Waals surface area (Å²) < 4.78 is 0.888. The molecule has 0 aromatic carbocycles. The number of hydrogen-bond acceptors (Lipinski definition) is 3. The van der Waals surface area contributed by atoms with Crippen molar-refractivity contribution in [2.45, 2.75) is 44.7 Å². The highest BCUT2D eigenvalue weighted by atomic mass is 35.5. The number of halogens is 1. The van der Waals surface area contributed by atoms with E-state index < -0.39 is 0 Å². The van der Waals surface area contributed by atoms with Crippen molar-refractivity contribution < 1.29 is 0 Å². The highest BCUT2D eigenvalue weighted by molar-refractivity contribution is 7.14. The van der Waals surface area contributed by atoms with Crippen LogP contribution >= 0.6 is 22.9 Å². The summed E-state index contributed by atoms with van der Waals surface area (Å²) in [6.07, 6.45) is 5.06. The molecule has 1 aromatic rings. The standard InChI is InChI=1S/C13H21ClN2S/c1-10(11-8-13(14)17-9-11)16-7-3-2-4-12(16)5-6-15/h8-10,12H,2-7,15H2,1H3. The van der Waals surface area contributed by atoms with E-state index in [9.17, 15) is 0 Å². The molecule has 1 aromatic heterocycles. The van der Waals surface area contributed by atoms with Crippen molar-refractivity contribution in [3.8, 4) is 0 Å². The van der Waals surface area contributed by atoms with Crippen molar-refractivity contribution in [1.29, 1.82) is 0 Å². The summed E-state index contributed by atoms with van der Waals surface area (Å²) in [5.41, 5.74) is 7.07. The zero-order valence-electron chi connectivity index (χ0n) is 10.4. The third kappa shape index (κ3) is 3.22. The average Bonchev–Trinajstić information content (AvgIpc) is 2.76. The largest absolute Gasteiger partial charge is 0.330 e. The van der Waals surface area contributed by atoms with Gasteiger partial charge in [-0.15, -0.1) is 11.3 Å². The predicted molar refractivity (Wildman–Crippen MR) is 75.8 cm³/mol. The van der Waals surface area contributed by atoms with E-state index in [0.29, 0.717) is 12.1 Å². The minimum atomic E-state index is 0.468. The number of nitrogens with two attached hydrogens (primary N) is 1. The van der Waals surface area contributed by atoms with Crippen LogP contribution in [-0.4, -0.2) is 24.0 Å². The fraction of sp³-hybridized carbons (Fsp3) is 0.692. The van der Waals surface area contributed by atoms with Crippen molar-refractivity contribution in [3.05, 3.63) is 21.3 Å². The van der Waals surface area contributed by atoms with Gasteiger partial charge in [-0.1, -0.05) is 18.0 Å². The van der Waals surface area contributed by atoms with Gasteiger partial charge in [0, 0.05) is 12.1 Å². The molecule has 0 spiro atoms. The Hall–Kier alpha value is -0.0900. The number of hydrogen-bond donors (Lipinski definition) is 1. The molecular weight excluding hydrogens is 252 g/mol. The van der Waals surface area contributed by atoms with Crippen molar-refractivity contribution in [2.24, 2.45) is 5.73 Å². The maximum atomic E-state index is 6.02. The van der Waals surface area contributed by atoms with Crippen LogP contribution in [0.5, 0.6) is 0 Å². The molecule has 1 aliphatic heterocycles. The molecule has 17 heavy (non-hydrogen) atoms. The maximum absolute atomic E-state index is 6.02. The summed E-state index contributed by atoms with van der Waals surface area (Å²) in [6.45, 7) is 4.27. The topological polar surface area (TPSA) is 29.3 Å². The second kappa shape index (κ2) is 6.19. The van der Waals surface area contributed by atoms with Gasteiger partial charge in [0.05, 0.1) is 4.34 Å². The molecule has 2 rings (SSSR count). The Balaban J connectivity index is 2.07. The molecule has 0 aliphatic carbocycles. The van der Waals surface area contributed by atoms with E-state index >= 15 is 0 Å². The molecule has 2 atom stereocenters. The van der Waals surface area contributed by atoms with Gasteiger partial charge in [-0.2, -0.15) is 0 Å². The van der Waals surface area contributed by atoms with E-state index in [1.807, 2.05) is 0 Å². The van der Waals surface area contributed by atoms with Gasteiger partial charge in [-0.25, -0.2) is 0 Å². The minimum Gasteiger partial charge on any atom is -0.330 e. The molecule has 2 heterocycles. The monoisotopic (exact) mass is 272 g/mol. The molecule has 2 nitrogen and oxygen atoms in total. The third-order valence-electron chi connectivity index (χ3n) is 3.74. The van der Waals surface area contributed by atoms with Crippen LogP contribution in [0.3, 0.4) is 0 Å². The second-order valence-electron chi connectivity index (χ2n) is 4.82. The molecule has 1 fully saturated rings. The van der Waals surface area contributed by atoms with Gasteiger partial charge in [0.2, 0.25) is 0 Å². The molecule has 2 N–H and O–H groups in total. The summed E-state index contributed by atoms with van der Waals surface area (Å²) in [4.78, 5) is 2.61. The lowest BCUT2D eigenvalue weighted by Crippen LogP contribution is -2.42. The van der Waals surface area contributed by atoms with Gasteiger partial charge in [0.1, 0.15) is 0 Å². The highest BCUT2D eigenvalue weighted by Crippen LogP contribution is 2.33. The molecule has 0 amide bonds. The average molecular weight is 273 g/mol. The molecule has 0 radical (unpaired) electrons. The molecule has 1 aliphatic rings. The molecular formula is C13H21ClN2S. The van der Waals surface area contributed by atoms with Crippen molar-refractivity contribution in [3.63, 3.8) is 0 Å². The molecule has 4 heteroatoms. The lowest BCUT2D eigenvalue weighted by Gasteiger charge is -2.39. The fourth-order valence-electron chi connectivity index (χ4n) is 2.77. The molecule has 96 valence electrons. The lowest BCUT2D eigenvalue weighted by atomic mass is 9.96. The van der Waals surface area contributed by atoms with E-state index in [0.717, 1.165) is 17.3 Å². The summed E-state index contributed by atoms with van der Waals surface area (Å²) in [6, 6.07) is 3.23. The Labute approximate surface area is 113 Å². The molecule has 0 bridgehead atoms. The third-order valence-corrected chi connectivity index (χ3v) is 4.85. The first-order valence-corrected chi connectivity index (χ1v) is 7.68. The Kier molecular flexibility index (Phi) is 4.86. The van der Waals surface area contributed by atoms with E-state index in [-0.39, 0.29) is 0 Å². The quantitative estimate of drug-likeness (QED) is 0.906. The van der Waals surface area contributed by atoms with Gasteiger partial charge in [0.25, 0.3) is 0 Å². The van der Waals surface area contributed by atoms with E-state index in [4.69, 9.17) is 17.3 Å². The zero-order chi connectivity index (χ0) is 12.3. The first-order chi connectivity index (χ1) is 8.22. The Bertz CT molecular complexity index is 351. The Morgan fingerprint density at radius 1 is 1.59 bits per heavy atom. The Morgan fingerprint density at radius 2 is 2.41 bits per heavy atom. The van der Waals surface area contributed by atoms with Gasteiger partial charge in [-0.3, -0.25) is 4.90 Å². The minimum absolute atomic E-state index is 0.468. The second-order valence-corrected chi connectivity index (χ2v) is 6.37. The van der Waals surface area contributed by atoms with Gasteiger partial charge in [-0.05, 0) is 56.3 Å². The Morgan fingerprint density at radius 3 is 3.06 bits per heavy atom. The number of rotatable bonds is 4. The van der Waals surface area contributed by atoms with Crippen LogP contribution in [0, 0.1) is 0 Å². The van der Waals surface area contributed by atoms with Crippen LogP contribution in [0.25, 0.3) is 0 Å². The van der Waals surface area contributed by atoms with Crippen LogP contribution in [0.2, 0.25) is 4.34 Å². The summed E-state index contributed by atoms with van der Waals surface area (Å²) >= 11 is 7.65. The van der Waals surface area contributed by atoms with E-state index in [2.05, 4.69) is 23.3 Å². The first-order valence-electron chi connectivity index (χ1n) is 6.42. The van der Waals surface area contributed by atoms with Gasteiger partial charge in [0.15, 0.2) is 0 Å².